The van der Waals surface area contributed by atoms with E-state index in [1.807, 2.05) is 35.2 Å². The van der Waals surface area contributed by atoms with Gasteiger partial charge in [0, 0.05) is 12.7 Å². The van der Waals surface area contributed by atoms with Crippen molar-refractivity contribution in [3.63, 3.8) is 0 Å². The van der Waals surface area contributed by atoms with Gasteiger partial charge in [0.25, 0.3) is 0 Å². The van der Waals surface area contributed by atoms with Gasteiger partial charge in [0.2, 0.25) is 5.91 Å². The number of nitrogens with zero attached hydrogens (tertiary/aromatic N) is 2. The molecule has 1 amide bonds. The van der Waals surface area contributed by atoms with Crippen LogP contribution in [0.4, 0.5) is 0 Å². The Labute approximate surface area is 143 Å². The molecule has 24 heavy (non-hydrogen) atoms. The number of aliphatic hydroxyl groups is 1. The fourth-order valence-corrected chi connectivity index (χ4v) is 3.39. The van der Waals surface area contributed by atoms with Gasteiger partial charge in [-0.15, -0.1) is 0 Å². The number of amides is 1. The van der Waals surface area contributed by atoms with Crippen molar-refractivity contribution >= 4 is 5.91 Å². The minimum Gasteiger partial charge on any atom is -0.392 e. The van der Waals surface area contributed by atoms with E-state index in [-0.39, 0.29) is 11.8 Å². The van der Waals surface area contributed by atoms with E-state index in [0.29, 0.717) is 13.1 Å². The van der Waals surface area contributed by atoms with Gasteiger partial charge < -0.3 is 10.0 Å². The topological polar surface area (TPSA) is 53.4 Å². The van der Waals surface area contributed by atoms with Gasteiger partial charge in [0.05, 0.1) is 24.3 Å². The number of aryl methyl sites for hydroxylation is 1. The van der Waals surface area contributed by atoms with Crippen molar-refractivity contribution in [2.45, 2.75) is 45.4 Å². The van der Waals surface area contributed by atoms with Crippen LogP contribution in [0.1, 0.15) is 36.1 Å². The molecule has 1 fully saturated rings. The van der Waals surface area contributed by atoms with Crippen molar-refractivity contribution in [3.8, 4) is 0 Å². The first kappa shape index (κ1) is 16.7. The molecule has 1 N–H and O–H groups in total. The number of aromatic nitrogens is 1. The summed E-state index contributed by atoms with van der Waals surface area (Å²) in [7, 11) is 0. The summed E-state index contributed by atoms with van der Waals surface area (Å²) in [5.41, 5.74) is 3.15. The van der Waals surface area contributed by atoms with Crippen LogP contribution in [0.15, 0.2) is 48.7 Å². The lowest BCUT2D eigenvalue weighted by Gasteiger charge is -2.27. The van der Waals surface area contributed by atoms with Crippen LogP contribution in [-0.4, -0.2) is 27.0 Å². The van der Waals surface area contributed by atoms with Crippen LogP contribution in [-0.2, 0) is 17.9 Å². The normalized spacial score (nSPS) is 20.1. The highest BCUT2D eigenvalue weighted by Crippen LogP contribution is 2.28. The highest BCUT2D eigenvalue weighted by molar-refractivity contribution is 5.79. The summed E-state index contributed by atoms with van der Waals surface area (Å²) in [6, 6.07) is 13.9. The van der Waals surface area contributed by atoms with E-state index in [0.717, 1.165) is 30.5 Å². The Morgan fingerprint density at radius 1 is 1.21 bits per heavy atom. The van der Waals surface area contributed by atoms with Crippen LogP contribution in [0.25, 0.3) is 0 Å². The summed E-state index contributed by atoms with van der Waals surface area (Å²) in [5.74, 6) is -0.245. The predicted octanol–water partition coefficient (Wildman–Crippen LogP) is 3.08. The average molecular weight is 324 g/mol. The van der Waals surface area contributed by atoms with Gasteiger partial charge in [0.15, 0.2) is 0 Å². The standard InChI is InChI=1S/C20H24N2O2/c1-15-6-4-7-16(12-15)13-22(14-17-8-2-3-11-21-17)20(24)18-9-5-10-19(18)23/h2-4,6-8,11-12,18-19,23H,5,9-10,13-14H2,1H3. The van der Waals surface area contributed by atoms with Crippen LogP contribution < -0.4 is 0 Å². The molecule has 4 heteroatoms. The van der Waals surface area contributed by atoms with E-state index >= 15 is 0 Å². The molecule has 126 valence electrons. The molecule has 0 spiro atoms. The summed E-state index contributed by atoms with van der Waals surface area (Å²) in [6.45, 7) is 3.06. The number of hydrogen-bond donors (Lipinski definition) is 1. The highest BCUT2D eigenvalue weighted by Gasteiger charge is 2.34. The summed E-state index contributed by atoms with van der Waals surface area (Å²) in [6.07, 6.45) is 3.64. The summed E-state index contributed by atoms with van der Waals surface area (Å²) >= 11 is 0. The maximum Gasteiger partial charge on any atom is 0.228 e. The lowest BCUT2D eigenvalue weighted by Crippen LogP contribution is -2.38. The van der Waals surface area contributed by atoms with Crippen LogP contribution in [0, 0.1) is 12.8 Å². The molecular weight excluding hydrogens is 300 g/mol. The van der Waals surface area contributed by atoms with Gasteiger partial charge in [-0.3, -0.25) is 9.78 Å². The van der Waals surface area contributed by atoms with Gasteiger partial charge in [0.1, 0.15) is 0 Å². The first-order chi connectivity index (χ1) is 11.6. The Morgan fingerprint density at radius 3 is 2.75 bits per heavy atom. The molecule has 3 rings (SSSR count). The number of rotatable bonds is 5. The number of hydrogen-bond acceptors (Lipinski definition) is 3. The molecule has 1 aromatic heterocycles. The molecular formula is C20H24N2O2. The van der Waals surface area contributed by atoms with Crippen LogP contribution in [0.5, 0.6) is 0 Å². The second-order valence-corrected chi connectivity index (χ2v) is 6.61. The predicted molar refractivity (Wildman–Crippen MR) is 93.0 cm³/mol. The van der Waals surface area contributed by atoms with Gasteiger partial charge in [-0.25, -0.2) is 0 Å². The lowest BCUT2D eigenvalue weighted by molar-refractivity contribution is -0.139. The maximum atomic E-state index is 13.0. The van der Waals surface area contributed by atoms with E-state index in [1.54, 1.807) is 6.20 Å². The number of carbonyl (C=O) groups excluding carboxylic acids is 1. The third kappa shape index (κ3) is 4.01. The maximum absolute atomic E-state index is 13.0. The molecule has 1 aliphatic rings. The Morgan fingerprint density at radius 2 is 2.08 bits per heavy atom. The number of benzene rings is 1. The average Bonchev–Trinajstić information content (AvgIpc) is 3.01. The summed E-state index contributed by atoms with van der Waals surface area (Å²) in [5, 5.41) is 10.1. The largest absolute Gasteiger partial charge is 0.392 e. The van der Waals surface area contributed by atoms with Crippen LogP contribution >= 0.6 is 0 Å². The van der Waals surface area contributed by atoms with Gasteiger partial charge in [-0.1, -0.05) is 35.9 Å². The Bertz CT molecular complexity index is 687. The SMILES string of the molecule is Cc1cccc(CN(Cc2ccccn2)C(=O)C2CCCC2O)c1. The van der Waals surface area contributed by atoms with Crippen LogP contribution in [0.3, 0.4) is 0 Å². The zero-order valence-electron chi connectivity index (χ0n) is 14.1. The van der Waals surface area contributed by atoms with E-state index in [2.05, 4.69) is 24.0 Å². The van der Waals surface area contributed by atoms with Crippen molar-refractivity contribution in [1.82, 2.24) is 9.88 Å². The third-order valence-electron chi connectivity index (χ3n) is 4.64. The molecule has 0 saturated heterocycles. The van der Waals surface area contributed by atoms with Gasteiger partial charge in [-0.2, -0.15) is 0 Å². The van der Waals surface area contributed by atoms with Crippen LogP contribution in [0.2, 0.25) is 0 Å². The monoisotopic (exact) mass is 324 g/mol. The summed E-state index contributed by atoms with van der Waals surface area (Å²) in [4.78, 5) is 19.2. The molecule has 0 aliphatic heterocycles. The number of pyridine rings is 1. The lowest BCUT2D eigenvalue weighted by atomic mass is 10.0. The smallest absolute Gasteiger partial charge is 0.228 e. The first-order valence-electron chi connectivity index (χ1n) is 8.56. The Hall–Kier alpha value is -2.20. The highest BCUT2D eigenvalue weighted by atomic mass is 16.3. The first-order valence-corrected chi connectivity index (χ1v) is 8.56. The van der Waals surface area contributed by atoms with E-state index in [4.69, 9.17) is 0 Å². The fraction of sp³-hybridized carbons (Fsp3) is 0.400. The van der Waals surface area contributed by atoms with Crippen molar-refractivity contribution in [2.24, 2.45) is 5.92 Å². The van der Waals surface area contributed by atoms with Crippen molar-refractivity contribution in [3.05, 3.63) is 65.5 Å². The number of carbonyl (C=O) groups is 1. The van der Waals surface area contributed by atoms with E-state index in [1.165, 1.54) is 5.56 Å². The second kappa shape index (κ2) is 7.58. The molecule has 1 saturated carbocycles. The zero-order chi connectivity index (χ0) is 16.9. The fourth-order valence-electron chi connectivity index (χ4n) is 3.39. The molecule has 1 aliphatic carbocycles. The van der Waals surface area contributed by atoms with E-state index < -0.39 is 6.10 Å². The van der Waals surface area contributed by atoms with Gasteiger partial charge >= 0.3 is 0 Å². The Balaban J connectivity index is 1.81. The molecule has 2 aromatic rings. The molecule has 2 atom stereocenters. The molecule has 1 aromatic carbocycles. The zero-order valence-corrected chi connectivity index (χ0v) is 14.1. The Kier molecular flexibility index (Phi) is 5.26. The second-order valence-electron chi connectivity index (χ2n) is 6.61. The van der Waals surface area contributed by atoms with Crippen molar-refractivity contribution in [1.29, 1.82) is 0 Å². The van der Waals surface area contributed by atoms with Crippen molar-refractivity contribution in [2.75, 3.05) is 0 Å². The molecule has 4 nitrogen and oxygen atoms in total. The number of aliphatic hydroxyl groups excluding tert-OH is 1. The summed E-state index contributed by atoms with van der Waals surface area (Å²) < 4.78 is 0. The van der Waals surface area contributed by atoms with E-state index in [9.17, 15) is 9.90 Å². The minimum absolute atomic E-state index is 0.0344. The molecule has 0 radical (unpaired) electrons. The van der Waals surface area contributed by atoms with Crippen molar-refractivity contribution < 1.29 is 9.90 Å². The molecule has 2 unspecified atom stereocenters. The third-order valence-corrected chi connectivity index (χ3v) is 4.64. The quantitative estimate of drug-likeness (QED) is 0.919. The minimum atomic E-state index is -0.513. The van der Waals surface area contributed by atoms with Gasteiger partial charge in [-0.05, 0) is 43.9 Å². The molecule has 1 heterocycles. The molecule has 0 bridgehead atoms.